The number of nitrogens with zero attached hydrogens (tertiary/aromatic N) is 2. The van der Waals surface area contributed by atoms with Gasteiger partial charge in [-0.3, -0.25) is 5.84 Å². The largest absolute Gasteiger partial charge is 0.271 e. The van der Waals surface area contributed by atoms with Crippen LogP contribution in [0.3, 0.4) is 0 Å². The first kappa shape index (κ1) is 14.6. The maximum absolute atomic E-state index is 13.8. The SMILES string of the molecule is CCc1nnc(C)cc1C(NN)c1ccc(C)c(F)c1. The van der Waals surface area contributed by atoms with Gasteiger partial charge in [-0.05, 0) is 43.5 Å². The number of hydrazine groups is 1. The van der Waals surface area contributed by atoms with E-state index in [-0.39, 0.29) is 11.9 Å². The molecule has 1 unspecified atom stereocenters. The molecular weight excluding hydrogens is 255 g/mol. The highest BCUT2D eigenvalue weighted by Crippen LogP contribution is 2.25. The van der Waals surface area contributed by atoms with Gasteiger partial charge >= 0.3 is 0 Å². The zero-order chi connectivity index (χ0) is 14.7. The summed E-state index contributed by atoms with van der Waals surface area (Å²) in [5.74, 6) is 5.44. The quantitative estimate of drug-likeness (QED) is 0.663. The lowest BCUT2D eigenvalue weighted by Gasteiger charge is -2.19. The molecule has 0 aliphatic heterocycles. The van der Waals surface area contributed by atoms with Crippen molar-refractivity contribution in [2.24, 2.45) is 5.84 Å². The predicted molar refractivity (Wildman–Crippen MR) is 76.5 cm³/mol. The predicted octanol–water partition coefficient (Wildman–Crippen LogP) is 2.35. The highest BCUT2D eigenvalue weighted by Gasteiger charge is 2.18. The number of aromatic nitrogens is 2. The van der Waals surface area contributed by atoms with Gasteiger partial charge in [0.15, 0.2) is 0 Å². The number of hydrogen-bond donors (Lipinski definition) is 2. The molecule has 1 atom stereocenters. The van der Waals surface area contributed by atoms with Crippen molar-refractivity contribution in [1.82, 2.24) is 15.6 Å². The maximum Gasteiger partial charge on any atom is 0.126 e. The van der Waals surface area contributed by atoms with Crippen molar-refractivity contribution in [2.45, 2.75) is 33.2 Å². The third kappa shape index (κ3) is 2.84. The summed E-state index contributed by atoms with van der Waals surface area (Å²) in [5, 5.41) is 8.25. The number of nitrogens with two attached hydrogens (primary N) is 1. The molecule has 0 radical (unpaired) electrons. The Balaban J connectivity index is 2.51. The number of benzene rings is 1. The fourth-order valence-corrected chi connectivity index (χ4v) is 2.21. The van der Waals surface area contributed by atoms with Crippen LogP contribution < -0.4 is 11.3 Å². The molecule has 4 nitrogen and oxygen atoms in total. The van der Waals surface area contributed by atoms with Crippen LogP contribution in [-0.4, -0.2) is 10.2 Å². The van der Waals surface area contributed by atoms with Crippen molar-refractivity contribution in [3.63, 3.8) is 0 Å². The van der Waals surface area contributed by atoms with Crippen LogP contribution in [-0.2, 0) is 6.42 Å². The average Bonchev–Trinajstić information content (AvgIpc) is 2.44. The van der Waals surface area contributed by atoms with Crippen LogP contribution in [0.1, 0.15) is 41.0 Å². The third-order valence-electron chi connectivity index (χ3n) is 3.37. The van der Waals surface area contributed by atoms with Gasteiger partial charge in [-0.15, -0.1) is 0 Å². The van der Waals surface area contributed by atoms with E-state index < -0.39 is 0 Å². The second-order valence-electron chi connectivity index (χ2n) is 4.85. The molecule has 0 saturated heterocycles. The molecule has 2 aromatic rings. The summed E-state index contributed by atoms with van der Waals surface area (Å²) in [5.41, 5.74) is 6.75. The van der Waals surface area contributed by atoms with Gasteiger partial charge in [-0.25, -0.2) is 9.82 Å². The Hall–Kier alpha value is -1.85. The molecule has 3 N–H and O–H groups in total. The second kappa shape index (κ2) is 6.07. The van der Waals surface area contributed by atoms with E-state index in [2.05, 4.69) is 15.6 Å². The molecule has 106 valence electrons. The fourth-order valence-electron chi connectivity index (χ4n) is 2.21. The fraction of sp³-hybridized carbons (Fsp3) is 0.333. The average molecular weight is 274 g/mol. The van der Waals surface area contributed by atoms with Crippen molar-refractivity contribution in [3.8, 4) is 0 Å². The van der Waals surface area contributed by atoms with Crippen LogP contribution in [0.2, 0.25) is 0 Å². The van der Waals surface area contributed by atoms with Crippen LogP contribution in [0, 0.1) is 19.7 Å². The third-order valence-corrected chi connectivity index (χ3v) is 3.37. The molecule has 1 aromatic carbocycles. The molecule has 2 rings (SSSR count). The number of aryl methyl sites for hydroxylation is 3. The van der Waals surface area contributed by atoms with Crippen molar-refractivity contribution < 1.29 is 4.39 Å². The minimum Gasteiger partial charge on any atom is -0.271 e. The molecule has 0 spiro atoms. The van der Waals surface area contributed by atoms with Gasteiger partial charge in [-0.2, -0.15) is 10.2 Å². The Morgan fingerprint density at radius 2 is 2.00 bits per heavy atom. The molecule has 0 aliphatic carbocycles. The second-order valence-corrected chi connectivity index (χ2v) is 4.85. The summed E-state index contributed by atoms with van der Waals surface area (Å²) >= 11 is 0. The summed E-state index contributed by atoms with van der Waals surface area (Å²) < 4.78 is 13.8. The van der Waals surface area contributed by atoms with Gasteiger partial charge in [0.2, 0.25) is 0 Å². The first-order valence-corrected chi connectivity index (χ1v) is 6.62. The Kier molecular flexibility index (Phi) is 4.42. The monoisotopic (exact) mass is 274 g/mol. The minimum atomic E-state index is -0.297. The van der Waals surface area contributed by atoms with E-state index in [9.17, 15) is 4.39 Å². The molecule has 0 amide bonds. The summed E-state index contributed by atoms with van der Waals surface area (Å²) in [6.45, 7) is 5.62. The van der Waals surface area contributed by atoms with Gasteiger partial charge in [0.05, 0.1) is 17.4 Å². The van der Waals surface area contributed by atoms with Crippen LogP contribution in [0.4, 0.5) is 4.39 Å². The Morgan fingerprint density at radius 1 is 1.25 bits per heavy atom. The Labute approximate surface area is 118 Å². The first-order valence-electron chi connectivity index (χ1n) is 6.62. The number of halogens is 1. The zero-order valence-corrected chi connectivity index (χ0v) is 11.9. The standard InChI is InChI=1S/C15H19FN4/c1-4-14-12(7-10(3)19-20-14)15(18-17)11-6-5-9(2)13(16)8-11/h5-8,15,18H,4,17H2,1-3H3. The highest BCUT2D eigenvalue weighted by molar-refractivity contribution is 5.36. The van der Waals surface area contributed by atoms with Crippen molar-refractivity contribution in [1.29, 1.82) is 0 Å². The van der Waals surface area contributed by atoms with Crippen molar-refractivity contribution >= 4 is 0 Å². The van der Waals surface area contributed by atoms with Gasteiger partial charge in [0.1, 0.15) is 5.82 Å². The number of rotatable bonds is 4. The van der Waals surface area contributed by atoms with E-state index in [4.69, 9.17) is 5.84 Å². The Morgan fingerprint density at radius 3 is 2.60 bits per heavy atom. The van der Waals surface area contributed by atoms with E-state index in [0.29, 0.717) is 5.56 Å². The molecule has 20 heavy (non-hydrogen) atoms. The molecule has 5 heteroatoms. The van der Waals surface area contributed by atoms with Gasteiger partial charge in [0, 0.05) is 5.56 Å². The molecule has 0 saturated carbocycles. The van der Waals surface area contributed by atoms with E-state index in [1.165, 1.54) is 6.07 Å². The smallest absolute Gasteiger partial charge is 0.126 e. The topological polar surface area (TPSA) is 63.8 Å². The summed E-state index contributed by atoms with van der Waals surface area (Å²) in [6.07, 6.45) is 0.745. The number of hydrogen-bond acceptors (Lipinski definition) is 4. The normalized spacial score (nSPS) is 12.4. The molecule has 1 aromatic heterocycles. The van der Waals surface area contributed by atoms with Gasteiger partial charge in [0.25, 0.3) is 0 Å². The Bertz CT molecular complexity index is 613. The van der Waals surface area contributed by atoms with Crippen LogP contribution in [0.15, 0.2) is 24.3 Å². The van der Waals surface area contributed by atoms with Gasteiger partial charge < -0.3 is 0 Å². The maximum atomic E-state index is 13.8. The van der Waals surface area contributed by atoms with Crippen LogP contribution in [0.5, 0.6) is 0 Å². The number of nitrogens with one attached hydrogen (secondary N) is 1. The minimum absolute atomic E-state index is 0.237. The molecule has 0 aliphatic rings. The highest BCUT2D eigenvalue weighted by atomic mass is 19.1. The molecule has 0 fully saturated rings. The lowest BCUT2D eigenvalue weighted by atomic mass is 9.96. The van der Waals surface area contributed by atoms with E-state index in [1.807, 2.05) is 26.0 Å². The van der Waals surface area contributed by atoms with Crippen LogP contribution in [0.25, 0.3) is 0 Å². The van der Waals surface area contributed by atoms with E-state index in [0.717, 1.165) is 28.9 Å². The summed E-state index contributed by atoms with van der Waals surface area (Å²) in [6, 6.07) is 6.78. The lowest BCUT2D eigenvalue weighted by Crippen LogP contribution is -2.30. The molecule has 1 heterocycles. The molecule has 0 bridgehead atoms. The van der Waals surface area contributed by atoms with Crippen molar-refractivity contribution in [3.05, 3.63) is 58.2 Å². The zero-order valence-electron chi connectivity index (χ0n) is 11.9. The summed E-state index contributed by atoms with van der Waals surface area (Å²) in [4.78, 5) is 0. The van der Waals surface area contributed by atoms with E-state index >= 15 is 0 Å². The first-order chi connectivity index (χ1) is 9.56. The summed E-state index contributed by atoms with van der Waals surface area (Å²) in [7, 11) is 0. The molecular formula is C15H19FN4. The van der Waals surface area contributed by atoms with E-state index in [1.54, 1.807) is 13.0 Å². The van der Waals surface area contributed by atoms with Gasteiger partial charge in [-0.1, -0.05) is 19.1 Å². The van der Waals surface area contributed by atoms with Crippen molar-refractivity contribution in [2.75, 3.05) is 0 Å². The lowest BCUT2D eigenvalue weighted by molar-refractivity contribution is 0.594. The van der Waals surface area contributed by atoms with Crippen LogP contribution >= 0.6 is 0 Å².